The summed E-state index contributed by atoms with van der Waals surface area (Å²) >= 11 is 0. The van der Waals surface area contributed by atoms with Gasteiger partial charge in [0, 0.05) is 37.3 Å². The number of rotatable bonds is 3. The first-order chi connectivity index (χ1) is 8.63. The van der Waals surface area contributed by atoms with Crippen LogP contribution in [-0.2, 0) is 4.74 Å². The molecule has 0 bridgehead atoms. The summed E-state index contributed by atoms with van der Waals surface area (Å²) in [6, 6.07) is 1.33. The molecule has 3 heteroatoms. The molecular formula is C15H28N2O. The van der Waals surface area contributed by atoms with Crippen LogP contribution in [-0.4, -0.2) is 48.3 Å². The average Bonchev–Trinajstić information content (AvgIpc) is 3.11. The molecule has 0 aromatic heterocycles. The van der Waals surface area contributed by atoms with Crippen molar-refractivity contribution in [3.05, 3.63) is 0 Å². The summed E-state index contributed by atoms with van der Waals surface area (Å²) in [6.45, 7) is 10.3. The minimum atomic E-state index is 0.295. The van der Waals surface area contributed by atoms with Crippen LogP contribution in [0.2, 0.25) is 0 Å². The molecule has 0 aromatic rings. The molecule has 1 N–H and O–H groups in total. The number of hydrogen-bond acceptors (Lipinski definition) is 3. The first-order valence-corrected chi connectivity index (χ1v) is 7.75. The summed E-state index contributed by atoms with van der Waals surface area (Å²) in [5, 5.41) is 3.73. The van der Waals surface area contributed by atoms with Gasteiger partial charge in [0.2, 0.25) is 0 Å². The third kappa shape index (κ3) is 2.33. The smallest absolute Gasteiger partial charge is 0.0759 e. The second-order valence-corrected chi connectivity index (χ2v) is 6.85. The highest BCUT2D eigenvalue weighted by Gasteiger charge is 2.46. The van der Waals surface area contributed by atoms with Gasteiger partial charge in [0.25, 0.3) is 0 Å². The quantitative estimate of drug-likeness (QED) is 0.831. The monoisotopic (exact) mass is 252 g/mol. The van der Waals surface area contributed by atoms with E-state index in [1.165, 1.54) is 32.2 Å². The Labute approximate surface area is 111 Å². The third-order valence-corrected chi connectivity index (χ3v) is 5.32. The van der Waals surface area contributed by atoms with Crippen LogP contribution in [0.1, 0.15) is 46.5 Å². The van der Waals surface area contributed by atoms with E-state index in [4.69, 9.17) is 4.74 Å². The van der Waals surface area contributed by atoms with Gasteiger partial charge in [0.05, 0.1) is 6.10 Å². The molecule has 3 rings (SSSR count). The van der Waals surface area contributed by atoms with Crippen molar-refractivity contribution < 1.29 is 4.74 Å². The van der Waals surface area contributed by atoms with Gasteiger partial charge in [-0.25, -0.2) is 0 Å². The molecule has 3 fully saturated rings. The molecule has 104 valence electrons. The number of ether oxygens (including phenoxy) is 1. The summed E-state index contributed by atoms with van der Waals surface area (Å²) in [7, 11) is 0. The summed E-state index contributed by atoms with van der Waals surface area (Å²) in [4.78, 5) is 2.75. The van der Waals surface area contributed by atoms with Crippen LogP contribution in [0.4, 0.5) is 0 Å². The van der Waals surface area contributed by atoms with Crippen LogP contribution in [0.5, 0.6) is 0 Å². The van der Waals surface area contributed by atoms with E-state index in [9.17, 15) is 0 Å². The Bertz CT molecular complexity index is 305. The molecular weight excluding hydrogens is 224 g/mol. The number of nitrogens with one attached hydrogen (secondary N) is 1. The van der Waals surface area contributed by atoms with Crippen LogP contribution in [0.15, 0.2) is 0 Å². The number of piperazine rings is 1. The van der Waals surface area contributed by atoms with Crippen LogP contribution >= 0.6 is 0 Å². The highest BCUT2D eigenvalue weighted by atomic mass is 16.5. The zero-order valence-corrected chi connectivity index (χ0v) is 12.1. The van der Waals surface area contributed by atoms with Gasteiger partial charge in [-0.05, 0) is 45.4 Å². The summed E-state index contributed by atoms with van der Waals surface area (Å²) in [5.41, 5.74) is 0.295. The highest BCUT2D eigenvalue weighted by Crippen LogP contribution is 2.41. The zero-order chi connectivity index (χ0) is 12.8. The second kappa shape index (κ2) is 4.77. The van der Waals surface area contributed by atoms with Crippen molar-refractivity contribution in [1.29, 1.82) is 0 Å². The molecule has 0 amide bonds. The first-order valence-electron chi connectivity index (χ1n) is 7.75. The molecule has 0 aromatic carbocycles. The molecule has 2 heterocycles. The van der Waals surface area contributed by atoms with E-state index >= 15 is 0 Å². The lowest BCUT2D eigenvalue weighted by atomic mass is 9.91. The first kappa shape index (κ1) is 12.9. The minimum absolute atomic E-state index is 0.295. The van der Waals surface area contributed by atoms with Crippen LogP contribution in [0, 0.1) is 5.92 Å². The van der Waals surface area contributed by atoms with Gasteiger partial charge in [0.1, 0.15) is 0 Å². The maximum atomic E-state index is 6.03. The average molecular weight is 252 g/mol. The van der Waals surface area contributed by atoms with E-state index < -0.39 is 0 Å². The van der Waals surface area contributed by atoms with Crippen molar-refractivity contribution in [2.45, 2.75) is 70.2 Å². The van der Waals surface area contributed by atoms with E-state index in [-0.39, 0.29) is 0 Å². The summed E-state index contributed by atoms with van der Waals surface area (Å²) in [5.74, 6) is 0.868. The van der Waals surface area contributed by atoms with E-state index in [1.807, 2.05) is 0 Å². The van der Waals surface area contributed by atoms with Crippen molar-refractivity contribution in [3.8, 4) is 0 Å². The molecule has 4 atom stereocenters. The standard InChI is InChI=1S/C15H28N2O/c1-4-15(3)10-17(11(2)9-16-15)13-7-8-18-14(13)12-5-6-12/h11-14,16H,4-10H2,1-3H3. The Hall–Kier alpha value is -0.120. The maximum Gasteiger partial charge on any atom is 0.0759 e. The fourth-order valence-electron chi connectivity index (χ4n) is 3.64. The van der Waals surface area contributed by atoms with Crippen molar-refractivity contribution in [3.63, 3.8) is 0 Å². The molecule has 1 aliphatic carbocycles. The Morgan fingerprint density at radius 1 is 1.33 bits per heavy atom. The predicted molar refractivity (Wildman–Crippen MR) is 73.7 cm³/mol. The Morgan fingerprint density at radius 2 is 2.11 bits per heavy atom. The predicted octanol–water partition coefficient (Wildman–Crippen LogP) is 2.02. The number of hydrogen-bond donors (Lipinski definition) is 1. The van der Waals surface area contributed by atoms with Gasteiger partial charge < -0.3 is 10.1 Å². The number of nitrogens with zero attached hydrogens (tertiary/aromatic N) is 1. The molecule has 2 aliphatic heterocycles. The van der Waals surface area contributed by atoms with Gasteiger partial charge in [-0.2, -0.15) is 0 Å². The second-order valence-electron chi connectivity index (χ2n) is 6.85. The Kier molecular flexibility index (Phi) is 3.41. The zero-order valence-electron chi connectivity index (χ0n) is 12.1. The van der Waals surface area contributed by atoms with Gasteiger partial charge >= 0.3 is 0 Å². The van der Waals surface area contributed by atoms with E-state index in [0.29, 0.717) is 23.7 Å². The third-order valence-electron chi connectivity index (χ3n) is 5.32. The molecule has 3 aliphatic rings. The maximum absolute atomic E-state index is 6.03. The lowest BCUT2D eigenvalue weighted by Crippen LogP contribution is -2.65. The molecule has 0 radical (unpaired) electrons. The Morgan fingerprint density at radius 3 is 2.78 bits per heavy atom. The normalized spacial score (nSPS) is 46.5. The van der Waals surface area contributed by atoms with E-state index in [0.717, 1.165) is 19.1 Å². The van der Waals surface area contributed by atoms with Crippen LogP contribution < -0.4 is 5.32 Å². The lowest BCUT2D eigenvalue weighted by molar-refractivity contribution is 0.000808. The molecule has 1 saturated carbocycles. The van der Waals surface area contributed by atoms with Gasteiger partial charge in [-0.1, -0.05) is 6.92 Å². The van der Waals surface area contributed by atoms with Gasteiger partial charge in [-0.3, -0.25) is 4.90 Å². The fourth-order valence-corrected chi connectivity index (χ4v) is 3.64. The van der Waals surface area contributed by atoms with Crippen LogP contribution in [0.3, 0.4) is 0 Å². The van der Waals surface area contributed by atoms with Crippen molar-refractivity contribution in [2.75, 3.05) is 19.7 Å². The minimum Gasteiger partial charge on any atom is -0.376 e. The van der Waals surface area contributed by atoms with Crippen molar-refractivity contribution in [1.82, 2.24) is 10.2 Å². The topological polar surface area (TPSA) is 24.5 Å². The highest BCUT2D eigenvalue weighted by molar-refractivity contribution is 5.01. The van der Waals surface area contributed by atoms with Gasteiger partial charge in [0.15, 0.2) is 0 Å². The van der Waals surface area contributed by atoms with Gasteiger partial charge in [-0.15, -0.1) is 0 Å². The summed E-state index contributed by atoms with van der Waals surface area (Å²) in [6.07, 6.45) is 5.77. The molecule has 0 spiro atoms. The molecule has 2 saturated heterocycles. The van der Waals surface area contributed by atoms with E-state index in [2.05, 4.69) is 31.0 Å². The Balaban J connectivity index is 1.72. The SMILES string of the molecule is CCC1(C)CN(C2CCOC2C2CC2)C(C)CN1. The summed E-state index contributed by atoms with van der Waals surface area (Å²) < 4.78 is 6.03. The van der Waals surface area contributed by atoms with Crippen molar-refractivity contribution in [2.24, 2.45) is 5.92 Å². The van der Waals surface area contributed by atoms with E-state index in [1.54, 1.807) is 0 Å². The largest absolute Gasteiger partial charge is 0.376 e. The van der Waals surface area contributed by atoms with Crippen molar-refractivity contribution >= 4 is 0 Å². The fraction of sp³-hybridized carbons (Fsp3) is 1.00. The molecule has 18 heavy (non-hydrogen) atoms. The molecule has 4 unspecified atom stereocenters. The van der Waals surface area contributed by atoms with Crippen LogP contribution in [0.25, 0.3) is 0 Å². The lowest BCUT2D eigenvalue weighted by Gasteiger charge is -2.48. The molecule has 3 nitrogen and oxygen atoms in total.